The van der Waals surface area contributed by atoms with Gasteiger partial charge in [0.25, 0.3) is 0 Å². The van der Waals surface area contributed by atoms with Gasteiger partial charge in [-0.1, -0.05) is 49.4 Å². The van der Waals surface area contributed by atoms with Gasteiger partial charge in [0.1, 0.15) is 5.69 Å². The maximum atomic E-state index is 9.39. The first-order chi connectivity index (χ1) is 9.70. The summed E-state index contributed by atoms with van der Waals surface area (Å²) in [6.45, 7) is 5.24. The molecule has 1 heterocycles. The van der Waals surface area contributed by atoms with Crippen molar-refractivity contribution in [3.63, 3.8) is 0 Å². The number of benzene rings is 1. The molecule has 0 fully saturated rings. The van der Waals surface area contributed by atoms with Gasteiger partial charge in [0, 0.05) is 6.54 Å². The van der Waals surface area contributed by atoms with Gasteiger partial charge in [0.05, 0.1) is 12.3 Å². The van der Waals surface area contributed by atoms with Crippen LogP contribution in [0.15, 0.2) is 30.3 Å². The second-order valence-corrected chi connectivity index (χ2v) is 5.53. The predicted molar refractivity (Wildman–Crippen MR) is 79.2 cm³/mol. The molecule has 0 spiro atoms. The molecule has 0 radical (unpaired) electrons. The molecular formula is C16H23N3O. The van der Waals surface area contributed by atoms with Gasteiger partial charge in [0.2, 0.25) is 0 Å². The van der Waals surface area contributed by atoms with Gasteiger partial charge in [-0.15, -0.1) is 5.10 Å². The van der Waals surface area contributed by atoms with Gasteiger partial charge in [-0.05, 0) is 30.7 Å². The highest BCUT2D eigenvalue weighted by Crippen LogP contribution is 2.12. The summed E-state index contributed by atoms with van der Waals surface area (Å²) in [6.07, 6.45) is 2.89. The van der Waals surface area contributed by atoms with E-state index in [-0.39, 0.29) is 6.61 Å². The van der Waals surface area contributed by atoms with Crippen LogP contribution in [0.25, 0.3) is 0 Å². The zero-order chi connectivity index (χ0) is 14.4. The summed E-state index contributed by atoms with van der Waals surface area (Å²) in [6, 6.07) is 10.4. The van der Waals surface area contributed by atoms with Crippen molar-refractivity contribution in [1.29, 1.82) is 0 Å². The molecule has 0 aliphatic carbocycles. The first-order valence-corrected chi connectivity index (χ1v) is 7.26. The average molecular weight is 273 g/mol. The normalized spacial score (nSPS) is 11.2. The van der Waals surface area contributed by atoms with Gasteiger partial charge < -0.3 is 5.11 Å². The van der Waals surface area contributed by atoms with Crippen LogP contribution in [0.3, 0.4) is 0 Å². The Labute approximate surface area is 120 Å². The molecule has 2 rings (SSSR count). The largest absolute Gasteiger partial charge is 0.390 e. The summed E-state index contributed by atoms with van der Waals surface area (Å²) in [4.78, 5) is 0. The Bertz CT molecular complexity index is 520. The minimum atomic E-state index is -0.0359. The number of aliphatic hydroxyl groups excluding tert-OH is 1. The highest BCUT2D eigenvalue weighted by Gasteiger charge is 2.12. The molecule has 4 heteroatoms. The van der Waals surface area contributed by atoms with E-state index in [0.717, 1.165) is 31.5 Å². The first-order valence-electron chi connectivity index (χ1n) is 7.26. The molecule has 0 amide bonds. The smallest absolute Gasteiger partial charge is 0.111 e. The highest BCUT2D eigenvalue weighted by atomic mass is 16.3. The molecule has 4 nitrogen and oxygen atoms in total. The summed E-state index contributed by atoms with van der Waals surface area (Å²) >= 11 is 0. The second kappa shape index (κ2) is 7.20. The Morgan fingerprint density at radius 3 is 2.55 bits per heavy atom. The number of aromatic nitrogens is 3. The second-order valence-electron chi connectivity index (χ2n) is 5.53. The molecule has 1 aromatic carbocycles. The van der Waals surface area contributed by atoms with Crippen molar-refractivity contribution in [1.82, 2.24) is 15.0 Å². The van der Waals surface area contributed by atoms with Crippen LogP contribution in [0.4, 0.5) is 0 Å². The Balaban J connectivity index is 2.06. The molecule has 1 aromatic heterocycles. The maximum Gasteiger partial charge on any atom is 0.111 e. The fraction of sp³-hybridized carbons (Fsp3) is 0.500. The van der Waals surface area contributed by atoms with Gasteiger partial charge in [-0.3, -0.25) is 0 Å². The number of aryl methyl sites for hydroxylation is 2. The van der Waals surface area contributed by atoms with Crippen molar-refractivity contribution < 1.29 is 5.11 Å². The van der Waals surface area contributed by atoms with Crippen molar-refractivity contribution in [2.75, 3.05) is 0 Å². The predicted octanol–water partition coefficient (Wildman–Crippen LogP) is 2.60. The van der Waals surface area contributed by atoms with Gasteiger partial charge in [-0.25, -0.2) is 4.68 Å². The number of hydrogen-bond donors (Lipinski definition) is 1. The number of aliphatic hydroxyl groups is 1. The van der Waals surface area contributed by atoms with Crippen molar-refractivity contribution in [3.05, 3.63) is 47.3 Å². The lowest BCUT2D eigenvalue weighted by molar-refractivity contribution is 0.275. The summed E-state index contributed by atoms with van der Waals surface area (Å²) in [5.41, 5.74) is 3.08. The quantitative estimate of drug-likeness (QED) is 0.843. The van der Waals surface area contributed by atoms with Crippen LogP contribution >= 0.6 is 0 Å². The van der Waals surface area contributed by atoms with Gasteiger partial charge >= 0.3 is 0 Å². The van der Waals surface area contributed by atoms with Gasteiger partial charge in [-0.2, -0.15) is 0 Å². The van der Waals surface area contributed by atoms with E-state index in [1.54, 1.807) is 0 Å². The average Bonchev–Trinajstić information content (AvgIpc) is 2.86. The third-order valence-electron chi connectivity index (χ3n) is 3.48. The third-order valence-corrected chi connectivity index (χ3v) is 3.48. The van der Waals surface area contributed by atoms with Crippen molar-refractivity contribution >= 4 is 0 Å². The minimum Gasteiger partial charge on any atom is -0.390 e. The molecule has 20 heavy (non-hydrogen) atoms. The van der Waals surface area contributed by atoms with E-state index in [9.17, 15) is 5.11 Å². The maximum absolute atomic E-state index is 9.39. The molecule has 0 bridgehead atoms. The summed E-state index contributed by atoms with van der Waals surface area (Å²) in [5.74, 6) is 0.638. The van der Waals surface area contributed by atoms with Crippen LogP contribution in [-0.2, 0) is 26.0 Å². The molecule has 0 aliphatic heterocycles. The van der Waals surface area contributed by atoms with E-state index in [2.05, 4.69) is 48.4 Å². The SMILES string of the molecule is CC(C)CCn1nnc(CO)c1CCc1ccccc1. The van der Waals surface area contributed by atoms with Gasteiger partial charge in [0.15, 0.2) is 0 Å². The van der Waals surface area contributed by atoms with Crippen LogP contribution < -0.4 is 0 Å². The van der Waals surface area contributed by atoms with E-state index < -0.39 is 0 Å². The summed E-state index contributed by atoms with van der Waals surface area (Å²) in [7, 11) is 0. The van der Waals surface area contributed by atoms with E-state index >= 15 is 0 Å². The number of rotatable bonds is 7. The van der Waals surface area contributed by atoms with E-state index in [1.165, 1.54) is 5.56 Å². The summed E-state index contributed by atoms with van der Waals surface area (Å²) in [5, 5.41) is 17.7. The number of nitrogens with zero attached hydrogens (tertiary/aromatic N) is 3. The molecule has 0 saturated heterocycles. The fourth-order valence-corrected chi connectivity index (χ4v) is 2.23. The van der Waals surface area contributed by atoms with Crippen LogP contribution in [0.5, 0.6) is 0 Å². The Morgan fingerprint density at radius 2 is 1.90 bits per heavy atom. The molecular weight excluding hydrogens is 250 g/mol. The van der Waals surface area contributed by atoms with Crippen LogP contribution in [0, 0.1) is 5.92 Å². The van der Waals surface area contributed by atoms with E-state index in [0.29, 0.717) is 11.6 Å². The fourth-order valence-electron chi connectivity index (χ4n) is 2.23. The zero-order valence-corrected chi connectivity index (χ0v) is 12.3. The molecule has 0 atom stereocenters. The minimum absolute atomic E-state index is 0.0359. The lowest BCUT2D eigenvalue weighted by Gasteiger charge is -2.09. The lowest BCUT2D eigenvalue weighted by Crippen LogP contribution is -2.09. The zero-order valence-electron chi connectivity index (χ0n) is 12.3. The molecule has 0 saturated carbocycles. The monoisotopic (exact) mass is 273 g/mol. The standard InChI is InChI=1S/C16H23N3O/c1-13(2)10-11-19-16(15(12-20)17-18-19)9-8-14-6-4-3-5-7-14/h3-7,13,20H,8-12H2,1-2H3. The Kier molecular flexibility index (Phi) is 5.30. The number of hydrogen-bond acceptors (Lipinski definition) is 3. The molecule has 108 valence electrons. The van der Waals surface area contributed by atoms with Crippen molar-refractivity contribution in [3.8, 4) is 0 Å². The summed E-state index contributed by atoms with van der Waals surface area (Å²) < 4.78 is 1.95. The molecule has 2 aromatic rings. The first kappa shape index (κ1) is 14.7. The van der Waals surface area contributed by atoms with Crippen molar-refractivity contribution in [2.24, 2.45) is 5.92 Å². The van der Waals surface area contributed by atoms with Crippen molar-refractivity contribution in [2.45, 2.75) is 46.3 Å². The van der Waals surface area contributed by atoms with E-state index in [1.807, 2.05) is 10.7 Å². The Hall–Kier alpha value is -1.68. The molecule has 1 N–H and O–H groups in total. The highest BCUT2D eigenvalue weighted by molar-refractivity contribution is 5.18. The van der Waals surface area contributed by atoms with Crippen LogP contribution in [0.1, 0.15) is 37.2 Å². The topological polar surface area (TPSA) is 50.9 Å². The molecule has 0 unspecified atom stereocenters. The van der Waals surface area contributed by atoms with Crippen LogP contribution in [-0.4, -0.2) is 20.1 Å². The lowest BCUT2D eigenvalue weighted by atomic mass is 10.1. The Morgan fingerprint density at radius 1 is 1.15 bits per heavy atom. The third kappa shape index (κ3) is 3.90. The molecule has 0 aliphatic rings. The van der Waals surface area contributed by atoms with E-state index in [4.69, 9.17) is 0 Å². The van der Waals surface area contributed by atoms with Crippen LogP contribution in [0.2, 0.25) is 0 Å².